The normalized spacial score (nSPS) is 10.4. The molecule has 102 valence electrons. The van der Waals surface area contributed by atoms with Crippen molar-refractivity contribution in [3.05, 3.63) is 30.6 Å². The maximum Gasteiger partial charge on any atom is 0.134 e. The summed E-state index contributed by atoms with van der Waals surface area (Å²) in [5.41, 5.74) is 1.13. The van der Waals surface area contributed by atoms with E-state index in [1.807, 2.05) is 17.1 Å². The van der Waals surface area contributed by atoms with Crippen molar-refractivity contribution >= 4 is 11.6 Å². The van der Waals surface area contributed by atoms with E-state index in [1.165, 1.54) is 0 Å². The molecule has 2 N–H and O–H groups in total. The fourth-order valence-electron chi connectivity index (χ4n) is 1.94. The van der Waals surface area contributed by atoms with Gasteiger partial charge in [0.05, 0.1) is 6.33 Å². The maximum absolute atomic E-state index is 4.32. The molecule has 0 saturated heterocycles. The van der Waals surface area contributed by atoms with Crippen molar-refractivity contribution in [2.24, 2.45) is 0 Å². The summed E-state index contributed by atoms with van der Waals surface area (Å²) in [5.74, 6) is 1.83. The van der Waals surface area contributed by atoms with E-state index in [2.05, 4.69) is 39.4 Å². The Morgan fingerprint density at radius 1 is 1.16 bits per heavy atom. The number of nitrogens with one attached hydrogen (secondary N) is 2. The van der Waals surface area contributed by atoms with Crippen LogP contribution in [0.1, 0.15) is 19.4 Å². The molecule has 2 heterocycles. The van der Waals surface area contributed by atoms with E-state index in [4.69, 9.17) is 0 Å². The molecule has 0 radical (unpaired) electrons. The standard InChI is InChI=1S/C13H20N6/c1-3-11-12(15-4-2)17-9-18-13(11)16-6-8-19-7-5-14-10-19/h5,7,9-10H,3-4,6,8H2,1-2H3,(H2,15,16,17,18). The number of anilines is 2. The molecule has 0 amide bonds. The Morgan fingerprint density at radius 3 is 2.58 bits per heavy atom. The number of hydrogen-bond acceptors (Lipinski definition) is 5. The Kier molecular flexibility index (Phi) is 4.72. The highest BCUT2D eigenvalue weighted by atomic mass is 15.1. The van der Waals surface area contributed by atoms with Gasteiger partial charge in [-0.1, -0.05) is 6.92 Å². The van der Waals surface area contributed by atoms with Gasteiger partial charge in [0.1, 0.15) is 18.0 Å². The van der Waals surface area contributed by atoms with Crippen LogP contribution in [0, 0.1) is 0 Å². The molecule has 0 aromatic carbocycles. The summed E-state index contributed by atoms with van der Waals surface area (Å²) in [7, 11) is 0. The third kappa shape index (κ3) is 3.43. The monoisotopic (exact) mass is 260 g/mol. The summed E-state index contributed by atoms with van der Waals surface area (Å²) >= 11 is 0. The molecular weight excluding hydrogens is 240 g/mol. The van der Waals surface area contributed by atoms with Crippen LogP contribution in [0.2, 0.25) is 0 Å². The van der Waals surface area contributed by atoms with Crippen molar-refractivity contribution in [2.75, 3.05) is 23.7 Å². The first-order valence-corrected chi connectivity index (χ1v) is 6.62. The smallest absolute Gasteiger partial charge is 0.134 e. The lowest BCUT2D eigenvalue weighted by atomic mass is 10.2. The van der Waals surface area contributed by atoms with E-state index in [1.54, 1.807) is 12.5 Å². The average Bonchev–Trinajstić information content (AvgIpc) is 2.93. The van der Waals surface area contributed by atoms with Gasteiger partial charge in [0.15, 0.2) is 0 Å². The topological polar surface area (TPSA) is 67.7 Å². The lowest BCUT2D eigenvalue weighted by Gasteiger charge is -2.13. The third-order valence-electron chi connectivity index (χ3n) is 2.86. The predicted octanol–water partition coefficient (Wildman–Crippen LogP) is 1.78. The van der Waals surface area contributed by atoms with Crippen LogP contribution in [-0.2, 0) is 13.0 Å². The maximum atomic E-state index is 4.32. The van der Waals surface area contributed by atoms with Gasteiger partial charge in [0, 0.05) is 37.6 Å². The average molecular weight is 260 g/mol. The molecule has 6 nitrogen and oxygen atoms in total. The fraction of sp³-hybridized carbons (Fsp3) is 0.462. The van der Waals surface area contributed by atoms with Gasteiger partial charge in [-0.25, -0.2) is 15.0 Å². The minimum atomic E-state index is 0.811. The molecule has 0 aliphatic rings. The van der Waals surface area contributed by atoms with Gasteiger partial charge in [-0.3, -0.25) is 0 Å². The zero-order valence-electron chi connectivity index (χ0n) is 11.4. The first kappa shape index (κ1) is 13.3. The van der Waals surface area contributed by atoms with Crippen molar-refractivity contribution in [1.29, 1.82) is 0 Å². The second-order valence-electron chi connectivity index (χ2n) is 4.16. The SMILES string of the molecule is CCNc1ncnc(NCCn2ccnc2)c1CC. The Balaban J connectivity index is 2.00. The van der Waals surface area contributed by atoms with E-state index in [0.717, 1.165) is 43.3 Å². The lowest BCUT2D eigenvalue weighted by Crippen LogP contribution is -2.13. The summed E-state index contributed by atoms with van der Waals surface area (Å²) in [6, 6.07) is 0. The van der Waals surface area contributed by atoms with Crippen LogP contribution in [0.5, 0.6) is 0 Å². The van der Waals surface area contributed by atoms with Crippen LogP contribution in [0.4, 0.5) is 11.6 Å². The van der Waals surface area contributed by atoms with E-state index in [9.17, 15) is 0 Å². The highest BCUT2D eigenvalue weighted by Gasteiger charge is 2.08. The van der Waals surface area contributed by atoms with Crippen molar-refractivity contribution < 1.29 is 0 Å². The van der Waals surface area contributed by atoms with Gasteiger partial charge in [0.25, 0.3) is 0 Å². The summed E-state index contributed by atoms with van der Waals surface area (Å²) in [5, 5.41) is 6.63. The van der Waals surface area contributed by atoms with E-state index >= 15 is 0 Å². The number of imidazole rings is 1. The first-order chi connectivity index (χ1) is 9.35. The second kappa shape index (κ2) is 6.72. The summed E-state index contributed by atoms with van der Waals surface area (Å²) in [6.45, 7) is 6.71. The Labute approximate surface area is 113 Å². The van der Waals surface area contributed by atoms with Gasteiger partial charge in [-0.15, -0.1) is 0 Å². The molecule has 2 aromatic heterocycles. The second-order valence-corrected chi connectivity index (χ2v) is 4.16. The van der Waals surface area contributed by atoms with Gasteiger partial charge in [0.2, 0.25) is 0 Å². The lowest BCUT2D eigenvalue weighted by molar-refractivity contribution is 0.724. The number of nitrogens with zero attached hydrogens (tertiary/aromatic N) is 4. The molecule has 0 aliphatic carbocycles. The molecule has 2 aromatic rings. The zero-order chi connectivity index (χ0) is 13.5. The van der Waals surface area contributed by atoms with Crippen LogP contribution >= 0.6 is 0 Å². The number of rotatable bonds is 7. The van der Waals surface area contributed by atoms with Gasteiger partial charge >= 0.3 is 0 Å². The van der Waals surface area contributed by atoms with Crippen LogP contribution in [-0.4, -0.2) is 32.6 Å². The van der Waals surface area contributed by atoms with E-state index < -0.39 is 0 Å². The van der Waals surface area contributed by atoms with E-state index in [0.29, 0.717) is 0 Å². The molecule has 2 rings (SSSR count). The quantitative estimate of drug-likeness (QED) is 0.794. The molecule has 0 atom stereocenters. The van der Waals surface area contributed by atoms with Crippen LogP contribution in [0.15, 0.2) is 25.0 Å². The van der Waals surface area contributed by atoms with Crippen molar-refractivity contribution in [1.82, 2.24) is 19.5 Å². The van der Waals surface area contributed by atoms with Gasteiger partial charge < -0.3 is 15.2 Å². The Hall–Kier alpha value is -2.11. The molecule has 0 aliphatic heterocycles. The fourth-order valence-corrected chi connectivity index (χ4v) is 1.94. The van der Waals surface area contributed by atoms with E-state index in [-0.39, 0.29) is 0 Å². The Bertz CT molecular complexity index is 494. The molecule has 0 bridgehead atoms. The minimum Gasteiger partial charge on any atom is -0.370 e. The van der Waals surface area contributed by atoms with Crippen molar-refractivity contribution in [2.45, 2.75) is 26.8 Å². The summed E-state index contributed by atoms with van der Waals surface area (Å²) in [6.07, 6.45) is 8.04. The minimum absolute atomic E-state index is 0.811. The molecule has 0 saturated carbocycles. The molecule has 0 spiro atoms. The summed E-state index contributed by atoms with van der Waals surface area (Å²) < 4.78 is 2.03. The highest BCUT2D eigenvalue weighted by molar-refractivity contribution is 5.57. The van der Waals surface area contributed by atoms with Crippen LogP contribution in [0.3, 0.4) is 0 Å². The van der Waals surface area contributed by atoms with Crippen LogP contribution < -0.4 is 10.6 Å². The first-order valence-electron chi connectivity index (χ1n) is 6.62. The molecular formula is C13H20N6. The number of aromatic nitrogens is 4. The highest BCUT2D eigenvalue weighted by Crippen LogP contribution is 2.19. The largest absolute Gasteiger partial charge is 0.370 e. The molecule has 19 heavy (non-hydrogen) atoms. The van der Waals surface area contributed by atoms with Crippen molar-refractivity contribution in [3.8, 4) is 0 Å². The van der Waals surface area contributed by atoms with Gasteiger partial charge in [-0.05, 0) is 13.3 Å². The zero-order valence-corrected chi connectivity index (χ0v) is 11.4. The van der Waals surface area contributed by atoms with Crippen molar-refractivity contribution in [3.63, 3.8) is 0 Å². The molecule has 0 unspecified atom stereocenters. The third-order valence-corrected chi connectivity index (χ3v) is 2.86. The van der Waals surface area contributed by atoms with Crippen LogP contribution in [0.25, 0.3) is 0 Å². The molecule has 6 heteroatoms. The number of hydrogen-bond donors (Lipinski definition) is 2. The molecule has 0 fully saturated rings. The summed E-state index contributed by atoms with van der Waals surface area (Å²) in [4.78, 5) is 12.6. The van der Waals surface area contributed by atoms with Gasteiger partial charge in [-0.2, -0.15) is 0 Å². The predicted molar refractivity (Wildman–Crippen MR) is 76.3 cm³/mol. The Morgan fingerprint density at radius 2 is 1.95 bits per heavy atom.